The zero-order chi connectivity index (χ0) is 11.4. The number of amides is 2. The molecule has 2 aliphatic heterocycles. The minimum Gasteiger partial charge on any atom is -0.378 e. The van der Waals surface area contributed by atoms with Gasteiger partial charge in [0.15, 0.2) is 0 Å². The number of nitrogens with zero attached hydrogens (tertiary/aromatic N) is 1. The largest absolute Gasteiger partial charge is 0.378 e. The van der Waals surface area contributed by atoms with Crippen molar-refractivity contribution in [2.24, 2.45) is 5.92 Å². The summed E-state index contributed by atoms with van der Waals surface area (Å²) in [7, 11) is 0. The molecule has 2 aliphatic rings. The average molecular weight is 227 g/mol. The van der Waals surface area contributed by atoms with E-state index in [1.807, 2.05) is 4.90 Å². The first-order valence-electron chi connectivity index (χ1n) is 6.09. The van der Waals surface area contributed by atoms with Crippen LogP contribution in [0.5, 0.6) is 0 Å². The fraction of sp³-hybridized carbons (Fsp3) is 0.909. The molecule has 0 bridgehead atoms. The van der Waals surface area contributed by atoms with Gasteiger partial charge in [0.1, 0.15) is 0 Å². The number of carbonyl (C=O) groups excluding carboxylic acids is 1. The van der Waals surface area contributed by atoms with Gasteiger partial charge >= 0.3 is 6.03 Å². The molecule has 2 atom stereocenters. The molecule has 2 unspecified atom stereocenters. The Balaban J connectivity index is 1.77. The molecule has 5 nitrogen and oxygen atoms in total. The van der Waals surface area contributed by atoms with Crippen LogP contribution in [-0.4, -0.2) is 56.4 Å². The van der Waals surface area contributed by atoms with Crippen molar-refractivity contribution in [3.05, 3.63) is 0 Å². The Bertz CT molecular complexity index is 241. The molecule has 0 aliphatic carbocycles. The van der Waals surface area contributed by atoms with E-state index in [0.717, 1.165) is 19.5 Å². The summed E-state index contributed by atoms with van der Waals surface area (Å²) in [5, 5.41) is 6.42. The maximum Gasteiger partial charge on any atom is 0.317 e. The normalized spacial score (nSPS) is 31.2. The van der Waals surface area contributed by atoms with Gasteiger partial charge in [-0.25, -0.2) is 4.79 Å². The molecule has 16 heavy (non-hydrogen) atoms. The first-order chi connectivity index (χ1) is 7.75. The molecule has 2 fully saturated rings. The number of hydrogen-bond donors (Lipinski definition) is 2. The Morgan fingerprint density at radius 3 is 2.81 bits per heavy atom. The van der Waals surface area contributed by atoms with Gasteiger partial charge in [-0.05, 0) is 18.9 Å². The number of hydrogen-bond acceptors (Lipinski definition) is 3. The molecule has 0 aromatic carbocycles. The van der Waals surface area contributed by atoms with Crippen LogP contribution in [0.4, 0.5) is 4.79 Å². The van der Waals surface area contributed by atoms with Crippen LogP contribution in [0.25, 0.3) is 0 Å². The molecular weight excluding hydrogens is 206 g/mol. The standard InChI is InChI=1S/C11H21N3O2/c1-9-6-10(8-12-7-9)13-11(15)14-2-4-16-5-3-14/h9-10,12H,2-8H2,1H3,(H,13,15). The zero-order valence-electron chi connectivity index (χ0n) is 9.87. The van der Waals surface area contributed by atoms with Crippen molar-refractivity contribution in [2.45, 2.75) is 19.4 Å². The summed E-state index contributed by atoms with van der Waals surface area (Å²) in [5.74, 6) is 0.642. The van der Waals surface area contributed by atoms with Crippen LogP contribution in [0.1, 0.15) is 13.3 Å². The minimum absolute atomic E-state index is 0.0594. The van der Waals surface area contributed by atoms with Crippen LogP contribution in [0.2, 0.25) is 0 Å². The lowest BCUT2D eigenvalue weighted by Gasteiger charge is -2.32. The summed E-state index contributed by atoms with van der Waals surface area (Å²) < 4.78 is 5.22. The molecule has 0 saturated carbocycles. The highest BCUT2D eigenvalue weighted by Gasteiger charge is 2.23. The van der Waals surface area contributed by atoms with Crippen LogP contribution in [0.15, 0.2) is 0 Å². The quantitative estimate of drug-likeness (QED) is 0.664. The van der Waals surface area contributed by atoms with E-state index in [1.165, 1.54) is 0 Å². The Hall–Kier alpha value is -0.810. The molecule has 92 valence electrons. The maximum atomic E-state index is 11.9. The second-order valence-electron chi connectivity index (χ2n) is 4.74. The third-order valence-electron chi connectivity index (χ3n) is 3.20. The van der Waals surface area contributed by atoms with Gasteiger partial charge in [0, 0.05) is 25.7 Å². The monoisotopic (exact) mass is 227 g/mol. The van der Waals surface area contributed by atoms with E-state index in [-0.39, 0.29) is 12.1 Å². The van der Waals surface area contributed by atoms with Crippen molar-refractivity contribution in [2.75, 3.05) is 39.4 Å². The highest BCUT2D eigenvalue weighted by atomic mass is 16.5. The average Bonchev–Trinajstić information content (AvgIpc) is 2.30. The molecule has 0 spiro atoms. The summed E-state index contributed by atoms with van der Waals surface area (Å²) in [5.41, 5.74) is 0. The summed E-state index contributed by atoms with van der Waals surface area (Å²) in [6.45, 7) is 6.90. The van der Waals surface area contributed by atoms with Crippen molar-refractivity contribution >= 4 is 6.03 Å². The van der Waals surface area contributed by atoms with Crippen molar-refractivity contribution < 1.29 is 9.53 Å². The number of ether oxygens (including phenoxy) is 1. The molecule has 0 aromatic rings. The number of nitrogens with one attached hydrogen (secondary N) is 2. The Kier molecular flexibility index (Phi) is 4.01. The molecule has 0 radical (unpaired) electrons. The maximum absolute atomic E-state index is 11.9. The molecule has 2 rings (SSSR count). The highest BCUT2D eigenvalue weighted by molar-refractivity contribution is 5.74. The highest BCUT2D eigenvalue weighted by Crippen LogP contribution is 2.10. The van der Waals surface area contributed by atoms with Gasteiger partial charge in [-0.3, -0.25) is 0 Å². The minimum atomic E-state index is 0.0594. The van der Waals surface area contributed by atoms with Crippen LogP contribution >= 0.6 is 0 Å². The number of rotatable bonds is 1. The van der Waals surface area contributed by atoms with Gasteiger partial charge in [0.05, 0.1) is 13.2 Å². The molecule has 2 amide bonds. The number of morpholine rings is 1. The van der Waals surface area contributed by atoms with Crippen molar-refractivity contribution in [1.29, 1.82) is 0 Å². The predicted octanol–water partition coefficient (Wildman–Crippen LogP) is 0.0262. The van der Waals surface area contributed by atoms with Crippen molar-refractivity contribution in [3.63, 3.8) is 0 Å². The zero-order valence-corrected chi connectivity index (χ0v) is 9.87. The van der Waals surface area contributed by atoms with Crippen LogP contribution in [0.3, 0.4) is 0 Å². The lowest BCUT2D eigenvalue weighted by atomic mass is 9.98. The Morgan fingerprint density at radius 1 is 1.38 bits per heavy atom. The Morgan fingerprint density at radius 2 is 2.12 bits per heavy atom. The first-order valence-corrected chi connectivity index (χ1v) is 6.09. The molecule has 0 aromatic heterocycles. The van der Waals surface area contributed by atoms with Crippen molar-refractivity contribution in [1.82, 2.24) is 15.5 Å². The smallest absolute Gasteiger partial charge is 0.317 e. The summed E-state index contributed by atoms with van der Waals surface area (Å²) in [6, 6.07) is 0.336. The number of piperidine rings is 1. The molecule has 2 heterocycles. The third kappa shape index (κ3) is 3.09. The second kappa shape index (κ2) is 5.50. The SMILES string of the molecule is CC1CNCC(NC(=O)N2CCOCC2)C1. The predicted molar refractivity (Wildman–Crippen MR) is 61.4 cm³/mol. The van der Waals surface area contributed by atoms with E-state index in [1.54, 1.807) is 0 Å². The van der Waals surface area contributed by atoms with E-state index in [0.29, 0.717) is 32.2 Å². The molecule has 2 N–H and O–H groups in total. The Labute approximate surface area is 96.5 Å². The third-order valence-corrected chi connectivity index (χ3v) is 3.20. The van der Waals surface area contributed by atoms with E-state index < -0.39 is 0 Å². The van der Waals surface area contributed by atoms with Gasteiger partial charge in [-0.1, -0.05) is 6.92 Å². The second-order valence-corrected chi connectivity index (χ2v) is 4.74. The van der Waals surface area contributed by atoms with Gasteiger partial charge in [-0.15, -0.1) is 0 Å². The number of carbonyl (C=O) groups is 1. The van der Waals surface area contributed by atoms with E-state index in [4.69, 9.17) is 4.74 Å². The number of urea groups is 1. The molecule has 5 heteroatoms. The fourth-order valence-electron chi connectivity index (χ4n) is 2.30. The summed E-state index contributed by atoms with van der Waals surface area (Å²) >= 11 is 0. The fourth-order valence-corrected chi connectivity index (χ4v) is 2.30. The summed E-state index contributed by atoms with van der Waals surface area (Å²) in [6.07, 6.45) is 1.07. The summed E-state index contributed by atoms with van der Waals surface area (Å²) in [4.78, 5) is 13.7. The lowest BCUT2D eigenvalue weighted by molar-refractivity contribution is 0.0521. The van der Waals surface area contributed by atoms with E-state index >= 15 is 0 Å². The van der Waals surface area contributed by atoms with E-state index in [2.05, 4.69) is 17.6 Å². The van der Waals surface area contributed by atoms with Crippen LogP contribution in [0, 0.1) is 5.92 Å². The van der Waals surface area contributed by atoms with Gasteiger partial charge in [0.25, 0.3) is 0 Å². The first kappa shape index (κ1) is 11.7. The van der Waals surface area contributed by atoms with Gasteiger partial charge in [-0.2, -0.15) is 0 Å². The molecular formula is C11H21N3O2. The molecule has 2 saturated heterocycles. The topological polar surface area (TPSA) is 53.6 Å². The van der Waals surface area contributed by atoms with Crippen LogP contribution < -0.4 is 10.6 Å². The van der Waals surface area contributed by atoms with Gasteiger partial charge in [0.2, 0.25) is 0 Å². The van der Waals surface area contributed by atoms with Crippen LogP contribution in [-0.2, 0) is 4.74 Å². The van der Waals surface area contributed by atoms with E-state index in [9.17, 15) is 4.79 Å². The van der Waals surface area contributed by atoms with Crippen molar-refractivity contribution in [3.8, 4) is 0 Å². The lowest BCUT2D eigenvalue weighted by Crippen LogP contribution is -2.54. The van der Waals surface area contributed by atoms with Gasteiger partial charge < -0.3 is 20.3 Å².